The topological polar surface area (TPSA) is 41.6 Å². The van der Waals surface area contributed by atoms with Gasteiger partial charge in [0.15, 0.2) is 0 Å². The number of nitrogens with one attached hydrogen (secondary N) is 1. The minimum atomic E-state index is -0.0920. The molecule has 4 rings (SSSR count). The first-order chi connectivity index (χ1) is 15.2. The van der Waals surface area contributed by atoms with Crippen molar-refractivity contribution in [1.29, 1.82) is 0 Å². The highest BCUT2D eigenvalue weighted by Crippen LogP contribution is 2.22. The summed E-state index contributed by atoms with van der Waals surface area (Å²) in [4.78, 5) is 15.5. The fraction of sp³-hybridized carbons (Fsp3) is 0.222. The van der Waals surface area contributed by atoms with Crippen molar-refractivity contribution in [1.82, 2.24) is 5.32 Å². The fourth-order valence-corrected chi connectivity index (χ4v) is 3.84. The van der Waals surface area contributed by atoms with Crippen LogP contribution in [0.25, 0.3) is 11.6 Å². The minimum Gasteiger partial charge on any atom is -0.497 e. The van der Waals surface area contributed by atoms with Crippen molar-refractivity contribution >= 4 is 23.2 Å². The first-order valence-electron chi connectivity index (χ1n) is 10.8. The SMILES string of the molecule is COc1ccc(/C=C(/C(=O)NCc2ccc(N3CCCC3)cc2)c2ccccc2)cc1. The predicted molar refractivity (Wildman–Crippen MR) is 127 cm³/mol. The van der Waals surface area contributed by atoms with Gasteiger partial charge in [-0.25, -0.2) is 0 Å². The van der Waals surface area contributed by atoms with Crippen LogP contribution in [-0.4, -0.2) is 26.1 Å². The third-order valence-electron chi connectivity index (χ3n) is 5.62. The first-order valence-corrected chi connectivity index (χ1v) is 10.8. The Morgan fingerprint density at radius 1 is 0.935 bits per heavy atom. The third kappa shape index (κ3) is 5.34. The zero-order valence-electron chi connectivity index (χ0n) is 17.9. The van der Waals surface area contributed by atoms with E-state index in [2.05, 4.69) is 34.5 Å². The molecule has 1 aliphatic heterocycles. The Kier molecular flexibility index (Phi) is 6.68. The number of nitrogens with zero attached hydrogens (tertiary/aromatic N) is 1. The third-order valence-corrected chi connectivity index (χ3v) is 5.62. The lowest BCUT2D eigenvalue weighted by molar-refractivity contribution is -0.115. The predicted octanol–water partition coefficient (Wildman–Crippen LogP) is 5.15. The number of carbonyl (C=O) groups excluding carboxylic acids is 1. The first kappa shape index (κ1) is 20.7. The Bertz CT molecular complexity index is 1020. The lowest BCUT2D eigenvalue weighted by Crippen LogP contribution is -2.24. The maximum atomic E-state index is 13.1. The molecule has 0 bridgehead atoms. The van der Waals surface area contributed by atoms with Crippen LogP contribution < -0.4 is 15.0 Å². The number of carbonyl (C=O) groups is 1. The Labute approximate surface area is 184 Å². The second-order valence-corrected chi connectivity index (χ2v) is 7.74. The monoisotopic (exact) mass is 412 g/mol. The molecule has 158 valence electrons. The van der Waals surface area contributed by atoms with Crippen LogP contribution in [0.5, 0.6) is 5.75 Å². The van der Waals surface area contributed by atoms with E-state index in [0.29, 0.717) is 12.1 Å². The van der Waals surface area contributed by atoms with E-state index in [4.69, 9.17) is 4.74 Å². The molecule has 31 heavy (non-hydrogen) atoms. The normalized spacial score (nSPS) is 13.8. The van der Waals surface area contributed by atoms with E-state index in [0.717, 1.165) is 35.5 Å². The summed E-state index contributed by atoms with van der Waals surface area (Å²) < 4.78 is 5.23. The molecule has 0 atom stereocenters. The van der Waals surface area contributed by atoms with Crippen LogP contribution in [0.15, 0.2) is 78.9 Å². The largest absolute Gasteiger partial charge is 0.497 e. The summed E-state index contributed by atoms with van der Waals surface area (Å²) >= 11 is 0. The standard InChI is InChI=1S/C27H28N2O2/c1-31-25-15-11-21(12-16-25)19-26(23-7-3-2-4-8-23)27(30)28-20-22-9-13-24(14-10-22)29-17-5-6-18-29/h2-4,7-16,19H,5-6,17-18,20H2,1H3,(H,28,30)/b26-19+. The van der Waals surface area contributed by atoms with Gasteiger partial charge in [0.1, 0.15) is 5.75 Å². The van der Waals surface area contributed by atoms with Gasteiger partial charge in [-0.2, -0.15) is 0 Å². The molecule has 0 spiro atoms. The van der Waals surface area contributed by atoms with E-state index >= 15 is 0 Å². The van der Waals surface area contributed by atoms with E-state index in [-0.39, 0.29) is 5.91 Å². The summed E-state index contributed by atoms with van der Waals surface area (Å²) in [6.07, 6.45) is 4.45. The maximum Gasteiger partial charge on any atom is 0.252 e. The Hall–Kier alpha value is -3.53. The van der Waals surface area contributed by atoms with Crippen LogP contribution in [0.4, 0.5) is 5.69 Å². The molecular formula is C27H28N2O2. The molecule has 1 amide bonds. The van der Waals surface area contributed by atoms with E-state index < -0.39 is 0 Å². The van der Waals surface area contributed by atoms with Crippen LogP contribution in [0.1, 0.15) is 29.5 Å². The summed E-state index contributed by atoms with van der Waals surface area (Å²) in [5.74, 6) is 0.700. The highest BCUT2D eigenvalue weighted by molar-refractivity contribution is 6.24. The zero-order valence-corrected chi connectivity index (χ0v) is 17.9. The molecule has 0 saturated carbocycles. The van der Waals surface area contributed by atoms with Gasteiger partial charge >= 0.3 is 0 Å². The number of rotatable bonds is 7. The molecule has 1 aliphatic rings. The maximum absolute atomic E-state index is 13.1. The van der Waals surface area contributed by atoms with Gasteiger partial charge in [-0.3, -0.25) is 4.79 Å². The van der Waals surface area contributed by atoms with Gasteiger partial charge in [0.05, 0.1) is 7.11 Å². The molecule has 3 aromatic carbocycles. The van der Waals surface area contributed by atoms with E-state index in [1.165, 1.54) is 18.5 Å². The molecule has 1 N–H and O–H groups in total. The lowest BCUT2D eigenvalue weighted by Gasteiger charge is -2.18. The average Bonchev–Trinajstić information content (AvgIpc) is 3.37. The van der Waals surface area contributed by atoms with E-state index in [1.807, 2.05) is 60.7 Å². The van der Waals surface area contributed by atoms with Gasteiger partial charge in [-0.05, 0) is 59.9 Å². The molecule has 1 saturated heterocycles. The molecule has 0 unspecified atom stereocenters. The van der Waals surface area contributed by atoms with Gasteiger partial charge < -0.3 is 15.0 Å². The molecule has 0 aliphatic carbocycles. The smallest absolute Gasteiger partial charge is 0.252 e. The van der Waals surface area contributed by atoms with Gasteiger partial charge in [0, 0.05) is 30.9 Å². The van der Waals surface area contributed by atoms with Crippen molar-refractivity contribution in [3.05, 3.63) is 95.6 Å². The molecule has 4 heteroatoms. The van der Waals surface area contributed by atoms with Crippen molar-refractivity contribution in [3.63, 3.8) is 0 Å². The average molecular weight is 413 g/mol. The van der Waals surface area contributed by atoms with Gasteiger partial charge in [0.2, 0.25) is 0 Å². The quantitative estimate of drug-likeness (QED) is 0.431. The molecule has 0 radical (unpaired) electrons. The molecule has 1 heterocycles. The number of hydrogen-bond acceptors (Lipinski definition) is 3. The number of anilines is 1. The van der Waals surface area contributed by atoms with Crippen molar-refractivity contribution in [2.24, 2.45) is 0 Å². The minimum absolute atomic E-state index is 0.0920. The van der Waals surface area contributed by atoms with Crippen LogP contribution in [0.2, 0.25) is 0 Å². The highest BCUT2D eigenvalue weighted by atomic mass is 16.5. The van der Waals surface area contributed by atoms with Gasteiger partial charge in [0.25, 0.3) is 5.91 Å². The Morgan fingerprint density at radius 3 is 2.26 bits per heavy atom. The highest BCUT2D eigenvalue weighted by Gasteiger charge is 2.14. The van der Waals surface area contributed by atoms with Crippen LogP contribution in [0, 0.1) is 0 Å². The van der Waals surface area contributed by atoms with Gasteiger partial charge in [-0.15, -0.1) is 0 Å². The molecular weight excluding hydrogens is 384 g/mol. The second-order valence-electron chi connectivity index (χ2n) is 7.74. The number of amides is 1. The Balaban J connectivity index is 1.48. The van der Waals surface area contributed by atoms with Crippen molar-refractivity contribution in [2.75, 3.05) is 25.1 Å². The number of benzene rings is 3. The number of methoxy groups -OCH3 is 1. The van der Waals surface area contributed by atoms with Crippen LogP contribution in [0.3, 0.4) is 0 Å². The summed E-state index contributed by atoms with van der Waals surface area (Å²) in [7, 11) is 1.64. The second kappa shape index (κ2) is 9.98. The molecule has 0 aromatic heterocycles. The lowest BCUT2D eigenvalue weighted by atomic mass is 10.0. The number of ether oxygens (including phenoxy) is 1. The summed E-state index contributed by atoms with van der Waals surface area (Å²) in [6, 6.07) is 26.0. The molecule has 3 aromatic rings. The fourth-order valence-electron chi connectivity index (χ4n) is 3.84. The van der Waals surface area contributed by atoms with E-state index in [9.17, 15) is 4.79 Å². The van der Waals surface area contributed by atoms with E-state index in [1.54, 1.807) is 7.11 Å². The van der Waals surface area contributed by atoms with Gasteiger partial charge in [-0.1, -0.05) is 54.6 Å². The summed E-state index contributed by atoms with van der Waals surface area (Å²) in [5, 5.41) is 3.08. The summed E-state index contributed by atoms with van der Waals surface area (Å²) in [6.45, 7) is 2.76. The summed E-state index contributed by atoms with van der Waals surface area (Å²) in [5.41, 5.74) is 4.83. The van der Waals surface area contributed by atoms with Crippen LogP contribution in [-0.2, 0) is 11.3 Å². The van der Waals surface area contributed by atoms with Crippen molar-refractivity contribution in [2.45, 2.75) is 19.4 Å². The Morgan fingerprint density at radius 2 is 1.61 bits per heavy atom. The zero-order chi connectivity index (χ0) is 21.5. The molecule has 1 fully saturated rings. The molecule has 4 nitrogen and oxygen atoms in total. The van der Waals surface area contributed by atoms with Crippen molar-refractivity contribution in [3.8, 4) is 5.75 Å². The number of hydrogen-bond donors (Lipinski definition) is 1. The van der Waals surface area contributed by atoms with Crippen LogP contribution >= 0.6 is 0 Å². The van der Waals surface area contributed by atoms with Crippen molar-refractivity contribution < 1.29 is 9.53 Å².